The lowest BCUT2D eigenvalue weighted by atomic mass is 10.3. The number of hydrogen-bond acceptors (Lipinski definition) is 4. The van der Waals surface area contributed by atoms with E-state index in [9.17, 15) is 18.0 Å². The van der Waals surface area contributed by atoms with Gasteiger partial charge in [-0.2, -0.15) is 0 Å². The second-order valence-corrected chi connectivity index (χ2v) is 7.97. The highest BCUT2D eigenvalue weighted by molar-refractivity contribution is 7.91. The fourth-order valence-electron chi connectivity index (χ4n) is 2.19. The first-order valence-corrected chi connectivity index (χ1v) is 9.34. The van der Waals surface area contributed by atoms with Gasteiger partial charge in [-0.15, -0.1) is 0 Å². The summed E-state index contributed by atoms with van der Waals surface area (Å²) in [4.78, 5) is 23.3. The Bertz CT molecular complexity index is 676. The van der Waals surface area contributed by atoms with E-state index in [2.05, 4.69) is 16.0 Å². The second-order valence-electron chi connectivity index (χ2n) is 5.31. The van der Waals surface area contributed by atoms with E-state index in [1.54, 1.807) is 24.3 Å². The monoisotopic (exact) mass is 359 g/mol. The number of nitrogens with one attached hydrogen (secondary N) is 3. The quantitative estimate of drug-likeness (QED) is 0.733. The van der Waals surface area contributed by atoms with Crippen LogP contribution in [0, 0.1) is 0 Å². The maximum absolute atomic E-state index is 11.7. The van der Waals surface area contributed by atoms with E-state index in [1.807, 2.05) is 0 Å². The molecule has 0 aliphatic carbocycles. The molecule has 23 heavy (non-hydrogen) atoms. The van der Waals surface area contributed by atoms with E-state index in [-0.39, 0.29) is 36.4 Å². The average Bonchev–Trinajstić information content (AvgIpc) is 2.80. The predicted molar refractivity (Wildman–Crippen MR) is 88.3 cm³/mol. The topological polar surface area (TPSA) is 104 Å². The van der Waals surface area contributed by atoms with Crippen molar-refractivity contribution in [2.75, 3.05) is 23.4 Å². The van der Waals surface area contributed by atoms with Crippen LogP contribution < -0.4 is 16.0 Å². The van der Waals surface area contributed by atoms with Crippen molar-refractivity contribution in [3.8, 4) is 0 Å². The maximum atomic E-state index is 11.7. The van der Waals surface area contributed by atoms with Gasteiger partial charge in [0.05, 0.1) is 11.5 Å². The Morgan fingerprint density at radius 2 is 1.91 bits per heavy atom. The van der Waals surface area contributed by atoms with Crippen LogP contribution in [0.1, 0.15) is 12.8 Å². The van der Waals surface area contributed by atoms with E-state index in [1.165, 1.54) is 0 Å². The number of rotatable bonds is 5. The molecule has 0 spiro atoms. The van der Waals surface area contributed by atoms with Crippen LogP contribution in [0.5, 0.6) is 0 Å². The largest absolute Gasteiger partial charge is 0.338 e. The summed E-state index contributed by atoms with van der Waals surface area (Å²) in [6, 6.07) is 5.87. The van der Waals surface area contributed by atoms with Crippen molar-refractivity contribution in [3.05, 3.63) is 29.3 Å². The van der Waals surface area contributed by atoms with Crippen molar-refractivity contribution < 1.29 is 18.0 Å². The van der Waals surface area contributed by atoms with Crippen LogP contribution in [0.4, 0.5) is 10.5 Å². The van der Waals surface area contributed by atoms with Crippen molar-refractivity contribution >= 4 is 39.1 Å². The molecule has 1 aliphatic heterocycles. The lowest BCUT2D eigenvalue weighted by Crippen LogP contribution is -2.43. The van der Waals surface area contributed by atoms with Gasteiger partial charge in [-0.1, -0.05) is 11.6 Å². The SMILES string of the molecule is O=C(CCNC(=O)NC1CCS(=O)(=O)C1)Nc1ccc(Cl)cc1. The van der Waals surface area contributed by atoms with E-state index < -0.39 is 15.9 Å². The molecule has 0 saturated carbocycles. The molecular weight excluding hydrogens is 342 g/mol. The van der Waals surface area contributed by atoms with E-state index in [0.29, 0.717) is 17.1 Å². The van der Waals surface area contributed by atoms with Crippen LogP contribution in [-0.4, -0.2) is 44.4 Å². The lowest BCUT2D eigenvalue weighted by molar-refractivity contribution is -0.116. The van der Waals surface area contributed by atoms with Gasteiger partial charge in [-0.05, 0) is 30.7 Å². The molecule has 1 heterocycles. The Hall–Kier alpha value is -1.80. The molecule has 3 amide bonds. The Balaban J connectivity index is 1.65. The minimum atomic E-state index is -3.03. The van der Waals surface area contributed by atoms with Crippen LogP contribution in [0.15, 0.2) is 24.3 Å². The zero-order valence-electron chi connectivity index (χ0n) is 12.3. The van der Waals surface area contributed by atoms with Crippen LogP contribution in [0.25, 0.3) is 0 Å². The number of carbonyl (C=O) groups is 2. The number of sulfone groups is 1. The molecule has 126 valence electrons. The second kappa shape index (κ2) is 7.65. The Morgan fingerprint density at radius 3 is 2.52 bits per heavy atom. The first-order valence-electron chi connectivity index (χ1n) is 7.14. The molecule has 2 rings (SSSR count). The first kappa shape index (κ1) is 17.6. The van der Waals surface area contributed by atoms with Gasteiger partial charge in [0.25, 0.3) is 0 Å². The Kier molecular flexibility index (Phi) is 5.84. The van der Waals surface area contributed by atoms with E-state index in [4.69, 9.17) is 11.6 Å². The third kappa shape index (κ3) is 6.07. The molecule has 1 aliphatic rings. The highest BCUT2D eigenvalue weighted by Crippen LogP contribution is 2.13. The molecule has 7 nitrogen and oxygen atoms in total. The molecule has 3 N–H and O–H groups in total. The smallest absolute Gasteiger partial charge is 0.315 e. The number of hydrogen-bond donors (Lipinski definition) is 3. The molecule has 0 bridgehead atoms. The predicted octanol–water partition coefficient (Wildman–Crippen LogP) is 1.15. The number of carbonyl (C=O) groups excluding carboxylic acids is 2. The zero-order valence-corrected chi connectivity index (χ0v) is 13.9. The Labute approximate surface area is 139 Å². The summed E-state index contributed by atoms with van der Waals surface area (Å²) < 4.78 is 22.6. The summed E-state index contributed by atoms with van der Waals surface area (Å²) >= 11 is 5.75. The van der Waals surface area contributed by atoms with Crippen molar-refractivity contribution in [2.45, 2.75) is 18.9 Å². The number of amides is 3. The molecule has 1 aromatic carbocycles. The van der Waals surface area contributed by atoms with Crippen molar-refractivity contribution in [1.82, 2.24) is 10.6 Å². The molecular formula is C14H18ClN3O4S. The maximum Gasteiger partial charge on any atom is 0.315 e. The van der Waals surface area contributed by atoms with Crippen molar-refractivity contribution in [1.29, 1.82) is 0 Å². The summed E-state index contributed by atoms with van der Waals surface area (Å²) in [7, 11) is -3.03. The van der Waals surface area contributed by atoms with Gasteiger partial charge >= 0.3 is 6.03 Å². The summed E-state index contributed by atoms with van der Waals surface area (Å²) in [6.07, 6.45) is 0.534. The standard InChI is InChI=1S/C14H18ClN3O4S/c15-10-1-3-11(4-2-10)17-13(19)5-7-16-14(20)18-12-6-8-23(21,22)9-12/h1-4,12H,5-9H2,(H,17,19)(H2,16,18,20). The highest BCUT2D eigenvalue weighted by Gasteiger charge is 2.28. The minimum absolute atomic E-state index is 0.0303. The number of benzene rings is 1. The summed E-state index contributed by atoms with van der Waals surface area (Å²) in [5.41, 5.74) is 0.625. The minimum Gasteiger partial charge on any atom is -0.338 e. The fourth-order valence-corrected chi connectivity index (χ4v) is 3.99. The molecule has 0 aromatic heterocycles. The molecule has 1 saturated heterocycles. The molecule has 9 heteroatoms. The van der Waals surface area contributed by atoms with Gasteiger partial charge < -0.3 is 16.0 Å². The van der Waals surface area contributed by atoms with Crippen LogP contribution in [0.3, 0.4) is 0 Å². The Morgan fingerprint density at radius 1 is 1.22 bits per heavy atom. The van der Waals surface area contributed by atoms with Gasteiger partial charge in [0.15, 0.2) is 9.84 Å². The van der Waals surface area contributed by atoms with Gasteiger partial charge in [0.1, 0.15) is 0 Å². The average molecular weight is 360 g/mol. The van der Waals surface area contributed by atoms with E-state index >= 15 is 0 Å². The number of anilines is 1. The lowest BCUT2D eigenvalue weighted by Gasteiger charge is -2.12. The van der Waals surface area contributed by atoms with Crippen LogP contribution in [-0.2, 0) is 14.6 Å². The summed E-state index contributed by atoms with van der Waals surface area (Å²) in [6.45, 7) is 0.157. The highest BCUT2D eigenvalue weighted by atomic mass is 35.5. The molecule has 1 unspecified atom stereocenters. The van der Waals surface area contributed by atoms with Gasteiger partial charge in [-0.3, -0.25) is 4.79 Å². The third-order valence-corrected chi connectivity index (χ3v) is 5.35. The van der Waals surface area contributed by atoms with Crippen molar-refractivity contribution in [3.63, 3.8) is 0 Å². The molecule has 1 aromatic rings. The fraction of sp³-hybridized carbons (Fsp3) is 0.429. The zero-order chi connectivity index (χ0) is 16.9. The van der Waals surface area contributed by atoms with Crippen LogP contribution >= 0.6 is 11.6 Å². The molecule has 1 fully saturated rings. The third-order valence-electron chi connectivity index (χ3n) is 3.33. The van der Waals surface area contributed by atoms with Crippen molar-refractivity contribution in [2.24, 2.45) is 0 Å². The normalized spacial score (nSPS) is 19.1. The van der Waals surface area contributed by atoms with Gasteiger partial charge in [-0.25, -0.2) is 13.2 Å². The van der Waals surface area contributed by atoms with E-state index in [0.717, 1.165) is 0 Å². The summed E-state index contributed by atoms with van der Waals surface area (Å²) in [5, 5.41) is 8.38. The molecule has 1 atom stereocenters. The van der Waals surface area contributed by atoms with Gasteiger partial charge in [0, 0.05) is 29.7 Å². The van der Waals surface area contributed by atoms with Crippen LogP contribution in [0.2, 0.25) is 5.02 Å². The number of halogens is 1. The first-order chi connectivity index (χ1) is 10.8. The molecule has 0 radical (unpaired) electrons. The summed E-state index contributed by atoms with van der Waals surface area (Å²) in [5.74, 6) is -0.171. The van der Waals surface area contributed by atoms with Gasteiger partial charge in [0.2, 0.25) is 5.91 Å². The number of urea groups is 1.